The molecule has 0 atom stereocenters. The highest BCUT2D eigenvalue weighted by Crippen LogP contribution is 2.10. The zero-order valence-electron chi connectivity index (χ0n) is 4.67. The molecule has 3 heteroatoms. The maximum absolute atomic E-state index is 5.41. The Hall–Kier alpha value is -0.210. The van der Waals surface area contributed by atoms with Crippen LogP contribution < -0.4 is 5.73 Å². The topological polar surface area (TPSA) is 26.0 Å². The van der Waals surface area contributed by atoms with Crippen molar-refractivity contribution in [3.63, 3.8) is 0 Å². The van der Waals surface area contributed by atoms with Crippen molar-refractivity contribution in [3.8, 4) is 0 Å². The van der Waals surface area contributed by atoms with E-state index in [1.807, 2.05) is 24.3 Å². The predicted molar refractivity (Wildman–Crippen MR) is 45.8 cm³/mol. The van der Waals surface area contributed by atoms with Crippen LogP contribution in [0.3, 0.4) is 0 Å². The van der Waals surface area contributed by atoms with Gasteiger partial charge in [-0.15, -0.1) is 12.4 Å². The molecule has 9 heavy (non-hydrogen) atoms. The Balaban J connectivity index is 0.000000640. The van der Waals surface area contributed by atoms with Crippen LogP contribution in [0.5, 0.6) is 0 Å². The molecule has 0 fully saturated rings. The Morgan fingerprint density at radius 1 is 1.11 bits per heavy atom. The highest BCUT2D eigenvalue weighted by atomic mass is 79.9. The van der Waals surface area contributed by atoms with Crippen LogP contribution in [-0.4, -0.2) is 0 Å². The fourth-order valence-electron chi connectivity index (χ4n) is 0.463. The quantitative estimate of drug-likeness (QED) is 0.651. The van der Waals surface area contributed by atoms with E-state index < -0.39 is 0 Å². The largest absolute Gasteiger partial charge is 0.399 e. The first-order chi connectivity index (χ1) is 3.79. The normalized spacial score (nSPS) is 8.11. The van der Waals surface area contributed by atoms with E-state index in [-0.39, 0.29) is 12.4 Å². The highest BCUT2D eigenvalue weighted by molar-refractivity contribution is 9.10. The minimum atomic E-state index is 0. The number of nitrogens with two attached hydrogens (primary N) is 1. The molecule has 0 saturated heterocycles. The summed E-state index contributed by atoms with van der Waals surface area (Å²) in [5, 5.41) is 0. The molecule has 0 bridgehead atoms. The molecule has 1 aromatic rings. The van der Waals surface area contributed by atoms with Gasteiger partial charge in [0.05, 0.1) is 0 Å². The maximum atomic E-state index is 5.41. The van der Waals surface area contributed by atoms with Gasteiger partial charge in [0.2, 0.25) is 0 Å². The summed E-state index contributed by atoms with van der Waals surface area (Å²) in [5.41, 5.74) is 6.21. The number of benzene rings is 1. The molecule has 1 rings (SSSR count). The van der Waals surface area contributed by atoms with E-state index in [0.717, 1.165) is 10.2 Å². The molecule has 2 N–H and O–H groups in total. The van der Waals surface area contributed by atoms with Crippen LogP contribution in [0.25, 0.3) is 0 Å². The van der Waals surface area contributed by atoms with Gasteiger partial charge in [0.15, 0.2) is 0 Å². The van der Waals surface area contributed by atoms with Gasteiger partial charge < -0.3 is 5.73 Å². The Morgan fingerprint density at radius 3 is 1.89 bits per heavy atom. The van der Waals surface area contributed by atoms with Crippen molar-refractivity contribution in [2.75, 3.05) is 5.73 Å². The molecule has 0 saturated carbocycles. The van der Waals surface area contributed by atoms with Gasteiger partial charge in [-0.05, 0) is 24.3 Å². The van der Waals surface area contributed by atoms with Crippen LogP contribution in [0, 0.1) is 0 Å². The lowest BCUT2D eigenvalue weighted by molar-refractivity contribution is 1.64. The zero-order chi connectivity index (χ0) is 5.98. The van der Waals surface area contributed by atoms with Crippen molar-refractivity contribution < 1.29 is 0 Å². The van der Waals surface area contributed by atoms with E-state index in [2.05, 4.69) is 15.9 Å². The highest BCUT2D eigenvalue weighted by Gasteiger charge is 1.81. The molecule has 0 amide bonds. The summed E-state index contributed by atoms with van der Waals surface area (Å²) in [5.74, 6) is 0. The van der Waals surface area contributed by atoms with Gasteiger partial charge >= 0.3 is 0 Å². The van der Waals surface area contributed by atoms with Crippen LogP contribution in [0.15, 0.2) is 28.7 Å². The number of hydrogen-bond acceptors (Lipinski definition) is 1. The molecule has 0 heterocycles. The third-order valence-electron chi connectivity index (χ3n) is 0.870. The molecule has 0 radical (unpaired) electrons. The first-order valence-electron chi connectivity index (χ1n) is 2.30. The van der Waals surface area contributed by atoms with E-state index >= 15 is 0 Å². The molecule has 1 nitrogen and oxygen atoms in total. The molecule has 0 aromatic heterocycles. The lowest BCUT2D eigenvalue weighted by Gasteiger charge is -1.88. The standard InChI is InChI=1S/C6H6BrN.ClH/c7-5-1-3-6(8)4-2-5;/h1-4H,8H2;1H. The summed E-state index contributed by atoms with van der Waals surface area (Å²) in [6, 6.07) is 7.53. The van der Waals surface area contributed by atoms with E-state index in [1.54, 1.807) is 0 Å². The minimum absolute atomic E-state index is 0. The van der Waals surface area contributed by atoms with Crippen molar-refractivity contribution in [2.24, 2.45) is 0 Å². The number of nitrogen functional groups attached to an aromatic ring is 1. The summed E-state index contributed by atoms with van der Waals surface area (Å²) in [7, 11) is 0. The smallest absolute Gasteiger partial charge is 0.0314 e. The number of anilines is 1. The van der Waals surface area contributed by atoms with E-state index in [0.29, 0.717) is 0 Å². The summed E-state index contributed by atoms with van der Waals surface area (Å²) in [4.78, 5) is 0. The van der Waals surface area contributed by atoms with Gasteiger partial charge in [-0.25, -0.2) is 0 Å². The zero-order valence-corrected chi connectivity index (χ0v) is 7.08. The van der Waals surface area contributed by atoms with Crippen molar-refractivity contribution in [3.05, 3.63) is 28.7 Å². The molecule has 0 aliphatic rings. The first kappa shape index (κ1) is 8.79. The monoisotopic (exact) mass is 207 g/mol. The van der Waals surface area contributed by atoms with Crippen molar-refractivity contribution in [1.82, 2.24) is 0 Å². The molecule has 1 aromatic carbocycles. The first-order valence-corrected chi connectivity index (χ1v) is 3.09. The summed E-state index contributed by atoms with van der Waals surface area (Å²) < 4.78 is 1.06. The van der Waals surface area contributed by atoms with E-state index in [9.17, 15) is 0 Å². The third-order valence-corrected chi connectivity index (χ3v) is 1.40. The average molecular weight is 208 g/mol. The van der Waals surface area contributed by atoms with Crippen molar-refractivity contribution in [1.29, 1.82) is 0 Å². The summed E-state index contributed by atoms with van der Waals surface area (Å²) in [6.45, 7) is 0. The van der Waals surface area contributed by atoms with E-state index in [1.165, 1.54) is 0 Å². The number of rotatable bonds is 0. The predicted octanol–water partition coefficient (Wildman–Crippen LogP) is 2.45. The molecule has 0 aliphatic carbocycles. The van der Waals surface area contributed by atoms with Gasteiger partial charge in [-0.2, -0.15) is 0 Å². The fourth-order valence-corrected chi connectivity index (χ4v) is 0.727. The lowest BCUT2D eigenvalue weighted by atomic mass is 10.3. The number of hydrogen-bond donors (Lipinski definition) is 1. The van der Waals surface area contributed by atoms with Gasteiger partial charge in [-0.1, -0.05) is 15.9 Å². The second-order valence-corrected chi connectivity index (χ2v) is 2.47. The summed E-state index contributed by atoms with van der Waals surface area (Å²) in [6.07, 6.45) is 0. The van der Waals surface area contributed by atoms with Crippen LogP contribution in [0.1, 0.15) is 0 Å². The van der Waals surface area contributed by atoms with Crippen molar-refractivity contribution >= 4 is 34.0 Å². The molecule has 0 spiro atoms. The minimum Gasteiger partial charge on any atom is -0.399 e. The van der Waals surface area contributed by atoms with Gasteiger partial charge in [0, 0.05) is 10.2 Å². The Morgan fingerprint density at radius 2 is 1.56 bits per heavy atom. The molecule has 50 valence electrons. The van der Waals surface area contributed by atoms with Gasteiger partial charge in [-0.3, -0.25) is 0 Å². The van der Waals surface area contributed by atoms with Crippen LogP contribution in [0.2, 0.25) is 0 Å². The van der Waals surface area contributed by atoms with Crippen LogP contribution in [-0.2, 0) is 0 Å². The lowest BCUT2D eigenvalue weighted by Crippen LogP contribution is -1.80. The molecule has 0 aliphatic heterocycles. The van der Waals surface area contributed by atoms with Crippen LogP contribution >= 0.6 is 28.3 Å². The van der Waals surface area contributed by atoms with Crippen molar-refractivity contribution in [2.45, 2.75) is 0 Å². The molecular formula is C6H7BrClN. The average Bonchev–Trinajstić information content (AvgIpc) is 1.77. The maximum Gasteiger partial charge on any atom is 0.0314 e. The number of halogens is 2. The van der Waals surface area contributed by atoms with Gasteiger partial charge in [0.25, 0.3) is 0 Å². The second kappa shape index (κ2) is 3.75. The molecule has 0 unspecified atom stereocenters. The van der Waals surface area contributed by atoms with E-state index in [4.69, 9.17) is 5.73 Å². The Kier molecular flexibility index (Phi) is 3.66. The van der Waals surface area contributed by atoms with Crippen LogP contribution in [0.4, 0.5) is 5.69 Å². The summed E-state index contributed by atoms with van der Waals surface area (Å²) >= 11 is 3.29. The fraction of sp³-hybridized carbons (Fsp3) is 0. The second-order valence-electron chi connectivity index (χ2n) is 1.55. The third kappa shape index (κ3) is 2.72. The Labute approximate surface area is 68.8 Å². The van der Waals surface area contributed by atoms with Gasteiger partial charge in [0.1, 0.15) is 0 Å². The SMILES string of the molecule is Cl.Nc1ccc(Br)cc1. The Bertz CT molecular complexity index is 152. The molecular weight excluding hydrogens is 201 g/mol.